The van der Waals surface area contributed by atoms with Gasteiger partial charge in [0.05, 0.1) is 11.7 Å². The summed E-state index contributed by atoms with van der Waals surface area (Å²) in [5.41, 5.74) is 8.30. The van der Waals surface area contributed by atoms with Crippen LogP contribution < -0.4 is 5.73 Å². The largest absolute Gasteiger partial charge is 0.398 e. The van der Waals surface area contributed by atoms with Gasteiger partial charge in [0.2, 0.25) is 10.0 Å². The molecule has 1 fully saturated rings. The summed E-state index contributed by atoms with van der Waals surface area (Å²) >= 11 is 1.59. The van der Waals surface area contributed by atoms with E-state index >= 15 is 0 Å². The molecule has 1 aliphatic heterocycles. The normalized spacial score (nSPS) is 20.0. The van der Waals surface area contributed by atoms with Crippen LogP contribution in [0.5, 0.6) is 0 Å². The van der Waals surface area contributed by atoms with Crippen LogP contribution in [-0.2, 0) is 10.0 Å². The Balaban J connectivity index is 2.01. The van der Waals surface area contributed by atoms with Gasteiger partial charge in [0.15, 0.2) is 0 Å². The number of thiophene rings is 1. The van der Waals surface area contributed by atoms with Crippen molar-refractivity contribution in [2.45, 2.75) is 30.7 Å². The topological polar surface area (TPSA) is 63.4 Å². The minimum Gasteiger partial charge on any atom is -0.398 e. The van der Waals surface area contributed by atoms with E-state index in [1.165, 1.54) is 0 Å². The van der Waals surface area contributed by atoms with Gasteiger partial charge in [-0.25, -0.2) is 8.42 Å². The summed E-state index contributed by atoms with van der Waals surface area (Å²) in [6, 6.07) is 7.05. The molecule has 0 saturated carbocycles. The van der Waals surface area contributed by atoms with E-state index in [4.69, 9.17) is 5.73 Å². The lowest BCUT2D eigenvalue weighted by molar-refractivity contribution is 0.397. The van der Waals surface area contributed by atoms with Crippen molar-refractivity contribution in [1.82, 2.24) is 4.31 Å². The second-order valence-electron chi connectivity index (χ2n) is 5.37. The molecular formula is C15H18N2O2S2. The number of nitrogens with zero attached hydrogens (tertiary/aromatic N) is 1. The fourth-order valence-corrected chi connectivity index (χ4v) is 5.34. The van der Waals surface area contributed by atoms with Crippen LogP contribution in [0.2, 0.25) is 0 Å². The van der Waals surface area contributed by atoms with Gasteiger partial charge in [-0.1, -0.05) is 6.07 Å². The number of sulfonamides is 1. The maximum atomic E-state index is 12.9. The lowest BCUT2D eigenvalue weighted by atomic mass is 10.1. The maximum Gasteiger partial charge on any atom is 0.245 e. The minimum atomic E-state index is -3.55. The molecule has 1 unspecified atom stereocenters. The van der Waals surface area contributed by atoms with Crippen LogP contribution in [-0.4, -0.2) is 19.3 Å². The molecule has 1 aliphatic rings. The second kappa shape index (κ2) is 5.44. The molecule has 1 atom stereocenters. The molecule has 0 bridgehead atoms. The molecule has 6 heteroatoms. The molecule has 2 aromatic rings. The number of aryl methyl sites for hydroxylation is 1. The number of rotatable bonds is 3. The highest BCUT2D eigenvalue weighted by atomic mass is 32.2. The lowest BCUT2D eigenvalue weighted by Crippen LogP contribution is -2.31. The fraction of sp³-hybridized carbons (Fsp3) is 0.333. The molecule has 1 aromatic heterocycles. The molecule has 3 rings (SSSR count). The smallest absolute Gasteiger partial charge is 0.245 e. The molecule has 112 valence electrons. The quantitative estimate of drug-likeness (QED) is 0.883. The predicted octanol–water partition coefficient (Wildman–Crippen LogP) is 3.16. The van der Waals surface area contributed by atoms with Gasteiger partial charge < -0.3 is 5.73 Å². The van der Waals surface area contributed by atoms with Gasteiger partial charge in [-0.05, 0) is 59.9 Å². The molecule has 4 nitrogen and oxygen atoms in total. The number of nitrogen functional groups attached to an aromatic ring is 1. The Kier molecular flexibility index (Phi) is 3.77. The van der Waals surface area contributed by atoms with E-state index in [9.17, 15) is 8.42 Å². The van der Waals surface area contributed by atoms with Gasteiger partial charge in [0.1, 0.15) is 4.90 Å². The highest BCUT2D eigenvalue weighted by molar-refractivity contribution is 7.89. The average molecular weight is 322 g/mol. The molecule has 1 saturated heterocycles. The van der Waals surface area contributed by atoms with Crippen LogP contribution >= 0.6 is 11.3 Å². The number of hydrogen-bond donors (Lipinski definition) is 1. The van der Waals surface area contributed by atoms with Crippen molar-refractivity contribution in [3.63, 3.8) is 0 Å². The molecule has 0 aliphatic carbocycles. The van der Waals surface area contributed by atoms with Crippen molar-refractivity contribution in [2.75, 3.05) is 12.3 Å². The summed E-state index contributed by atoms with van der Waals surface area (Å²) < 4.78 is 27.4. The van der Waals surface area contributed by atoms with Crippen molar-refractivity contribution in [2.24, 2.45) is 0 Å². The van der Waals surface area contributed by atoms with E-state index in [1.807, 2.05) is 23.8 Å². The van der Waals surface area contributed by atoms with E-state index in [-0.39, 0.29) is 10.9 Å². The Hall–Kier alpha value is -1.37. The number of nitrogens with two attached hydrogens (primary N) is 1. The first-order valence-electron chi connectivity index (χ1n) is 6.90. The monoisotopic (exact) mass is 322 g/mol. The summed E-state index contributed by atoms with van der Waals surface area (Å²) in [6.07, 6.45) is 1.74. The van der Waals surface area contributed by atoms with Crippen molar-refractivity contribution in [3.8, 4) is 0 Å². The minimum absolute atomic E-state index is 0.0676. The Labute approximate surface area is 129 Å². The first-order valence-corrected chi connectivity index (χ1v) is 9.28. The van der Waals surface area contributed by atoms with Crippen LogP contribution in [0.4, 0.5) is 5.69 Å². The number of hydrogen-bond acceptors (Lipinski definition) is 4. The van der Waals surface area contributed by atoms with Crippen molar-refractivity contribution in [3.05, 3.63) is 46.2 Å². The Morgan fingerprint density at radius 1 is 1.33 bits per heavy atom. The molecule has 0 spiro atoms. The van der Waals surface area contributed by atoms with Gasteiger partial charge in [-0.3, -0.25) is 0 Å². The van der Waals surface area contributed by atoms with E-state index in [1.54, 1.807) is 33.8 Å². The highest BCUT2D eigenvalue weighted by Crippen LogP contribution is 2.38. The zero-order valence-electron chi connectivity index (χ0n) is 11.8. The zero-order valence-corrected chi connectivity index (χ0v) is 13.5. The fourth-order valence-electron chi connectivity index (χ4n) is 2.85. The van der Waals surface area contributed by atoms with Crippen LogP contribution in [0.15, 0.2) is 39.9 Å². The van der Waals surface area contributed by atoms with Crippen molar-refractivity contribution < 1.29 is 8.42 Å². The van der Waals surface area contributed by atoms with E-state index in [0.717, 1.165) is 24.0 Å². The van der Waals surface area contributed by atoms with Gasteiger partial charge in [0, 0.05) is 6.54 Å². The summed E-state index contributed by atoms with van der Waals surface area (Å²) in [5, 5.41) is 4.01. The summed E-state index contributed by atoms with van der Waals surface area (Å²) in [6.45, 7) is 2.45. The first-order chi connectivity index (χ1) is 10.00. The van der Waals surface area contributed by atoms with E-state index in [0.29, 0.717) is 12.2 Å². The lowest BCUT2D eigenvalue weighted by Gasteiger charge is -2.24. The SMILES string of the molecule is Cc1ccc(S(=O)(=O)N2CCCC2c2ccsc2)c(N)c1. The van der Waals surface area contributed by atoms with Gasteiger partial charge in [-0.2, -0.15) is 15.6 Å². The van der Waals surface area contributed by atoms with Crippen LogP contribution in [0, 0.1) is 6.92 Å². The number of anilines is 1. The van der Waals surface area contributed by atoms with E-state index in [2.05, 4.69) is 0 Å². The van der Waals surface area contributed by atoms with Gasteiger partial charge >= 0.3 is 0 Å². The second-order valence-corrected chi connectivity index (χ2v) is 8.01. The van der Waals surface area contributed by atoms with Gasteiger partial charge in [0.25, 0.3) is 0 Å². The maximum absolute atomic E-state index is 12.9. The zero-order chi connectivity index (χ0) is 15.0. The van der Waals surface area contributed by atoms with Crippen molar-refractivity contribution in [1.29, 1.82) is 0 Å². The summed E-state index contributed by atoms with van der Waals surface area (Å²) in [4.78, 5) is 0.218. The van der Waals surface area contributed by atoms with Crippen LogP contribution in [0.1, 0.15) is 30.0 Å². The van der Waals surface area contributed by atoms with Crippen molar-refractivity contribution >= 4 is 27.0 Å². The number of benzene rings is 1. The highest BCUT2D eigenvalue weighted by Gasteiger charge is 2.37. The third kappa shape index (κ3) is 2.59. The average Bonchev–Trinajstić information content (AvgIpc) is 3.09. The molecule has 1 aromatic carbocycles. The molecule has 21 heavy (non-hydrogen) atoms. The molecule has 2 N–H and O–H groups in total. The molecule has 2 heterocycles. The van der Waals surface area contributed by atoms with Crippen LogP contribution in [0.3, 0.4) is 0 Å². The van der Waals surface area contributed by atoms with Crippen LogP contribution in [0.25, 0.3) is 0 Å². The molecular weight excluding hydrogens is 304 g/mol. The Bertz CT molecular complexity index is 739. The first kappa shape index (κ1) is 14.6. The Morgan fingerprint density at radius 3 is 2.81 bits per heavy atom. The third-order valence-corrected chi connectivity index (χ3v) is 6.57. The third-order valence-electron chi connectivity index (χ3n) is 3.88. The predicted molar refractivity (Wildman–Crippen MR) is 85.8 cm³/mol. The molecule has 0 radical (unpaired) electrons. The summed E-state index contributed by atoms with van der Waals surface area (Å²) in [5.74, 6) is 0. The standard InChI is InChI=1S/C15H18N2O2S2/c1-11-4-5-15(13(16)9-11)21(18,19)17-7-2-3-14(17)12-6-8-20-10-12/h4-6,8-10,14H,2-3,7,16H2,1H3. The van der Waals surface area contributed by atoms with Gasteiger partial charge in [-0.15, -0.1) is 0 Å². The Morgan fingerprint density at radius 2 is 2.14 bits per heavy atom. The van der Waals surface area contributed by atoms with E-state index < -0.39 is 10.0 Å². The molecule has 0 amide bonds. The summed E-state index contributed by atoms with van der Waals surface area (Å²) in [7, 11) is -3.55.